The first-order valence-corrected chi connectivity index (χ1v) is 8.82. The molecule has 1 saturated heterocycles. The van der Waals surface area contributed by atoms with Crippen molar-refractivity contribution in [3.63, 3.8) is 0 Å². The number of nitrogens with one attached hydrogen (secondary N) is 1. The minimum atomic E-state index is 0.231. The Labute approximate surface area is 148 Å². The van der Waals surface area contributed by atoms with E-state index in [1.54, 1.807) is 0 Å². The van der Waals surface area contributed by atoms with Crippen molar-refractivity contribution in [1.82, 2.24) is 14.9 Å². The molecular weight excluding hydrogens is 314 g/mol. The highest BCUT2D eigenvalue weighted by Gasteiger charge is 2.20. The summed E-state index contributed by atoms with van der Waals surface area (Å²) >= 11 is 0. The van der Waals surface area contributed by atoms with Crippen LogP contribution in [-0.2, 0) is 0 Å². The van der Waals surface area contributed by atoms with Gasteiger partial charge in [-0.1, -0.05) is 0 Å². The number of nitrogens with zero attached hydrogens (tertiary/aromatic N) is 3. The molecule has 132 valence electrons. The Bertz CT molecular complexity index is 765. The largest absolute Gasteiger partial charge is 0.395 e. The maximum Gasteiger partial charge on any atom is 0.102 e. The zero-order valence-electron chi connectivity index (χ0n) is 14.7. The normalized spacial score (nSPS) is 17.1. The number of likely N-dealkylation sites (tertiary alicyclic amines) is 1. The molecule has 2 aromatic heterocycles. The van der Waals surface area contributed by atoms with Crippen LogP contribution in [0.1, 0.15) is 24.1 Å². The van der Waals surface area contributed by atoms with E-state index in [0.29, 0.717) is 6.04 Å². The summed E-state index contributed by atoms with van der Waals surface area (Å²) in [5.74, 6) is 0. The van der Waals surface area contributed by atoms with Gasteiger partial charge in [-0.15, -0.1) is 0 Å². The molecule has 1 aliphatic heterocycles. The quantitative estimate of drug-likeness (QED) is 0.683. The van der Waals surface area contributed by atoms with Crippen LogP contribution in [0.4, 0.5) is 0 Å². The van der Waals surface area contributed by atoms with Crippen molar-refractivity contribution >= 4 is 22.8 Å². The van der Waals surface area contributed by atoms with Crippen LogP contribution in [0.25, 0.3) is 16.6 Å². The van der Waals surface area contributed by atoms with Crippen molar-refractivity contribution in [2.75, 3.05) is 26.2 Å². The van der Waals surface area contributed by atoms with Crippen LogP contribution in [-0.4, -0.2) is 58.5 Å². The predicted molar refractivity (Wildman–Crippen MR) is 99.5 cm³/mol. The number of rotatable bonds is 6. The van der Waals surface area contributed by atoms with Crippen molar-refractivity contribution in [2.24, 2.45) is 0 Å². The molecule has 0 aromatic carbocycles. The van der Waals surface area contributed by atoms with Gasteiger partial charge in [0.05, 0.1) is 29.3 Å². The minimum absolute atomic E-state index is 0.231. The van der Waals surface area contributed by atoms with Crippen LogP contribution in [0.5, 0.6) is 0 Å². The highest BCUT2D eigenvalue weighted by Crippen LogP contribution is 2.16. The SMILES string of the molecule is Cc1ccc2ncc(C(C=N)=C[NH2+]C3CCN(CCO)CC3)cc2n1. The summed E-state index contributed by atoms with van der Waals surface area (Å²) < 4.78 is 0. The molecule has 1 fully saturated rings. The molecule has 3 rings (SSSR count). The molecule has 2 aromatic rings. The monoisotopic (exact) mass is 340 g/mol. The fourth-order valence-electron chi connectivity index (χ4n) is 3.24. The smallest absolute Gasteiger partial charge is 0.102 e. The zero-order chi connectivity index (χ0) is 17.6. The first kappa shape index (κ1) is 17.7. The number of β-amino-alcohol motifs (C(OH)–C–C–N with tert-alkyl or cyclic N) is 1. The van der Waals surface area contributed by atoms with E-state index in [-0.39, 0.29) is 6.61 Å². The summed E-state index contributed by atoms with van der Waals surface area (Å²) in [6, 6.07) is 6.46. The van der Waals surface area contributed by atoms with Gasteiger partial charge in [-0.2, -0.15) is 0 Å². The maximum atomic E-state index is 9.02. The summed E-state index contributed by atoms with van der Waals surface area (Å²) in [5.41, 5.74) is 4.49. The Balaban J connectivity index is 1.69. The molecule has 3 heterocycles. The fraction of sp³-hybridized carbons (Fsp3) is 0.421. The first-order chi connectivity index (χ1) is 12.2. The number of fused-ring (bicyclic) bond motifs is 1. The van der Waals surface area contributed by atoms with Crippen LogP contribution in [0.3, 0.4) is 0 Å². The molecule has 25 heavy (non-hydrogen) atoms. The van der Waals surface area contributed by atoms with Gasteiger partial charge in [0.25, 0.3) is 0 Å². The third kappa shape index (κ3) is 4.48. The van der Waals surface area contributed by atoms with Gasteiger partial charge >= 0.3 is 0 Å². The molecule has 0 spiro atoms. The van der Waals surface area contributed by atoms with E-state index >= 15 is 0 Å². The molecule has 4 N–H and O–H groups in total. The maximum absolute atomic E-state index is 9.02. The van der Waals surface area contributed by atoms with E-state index in [0.717, 1.165) is 60.3 Å². The number of quaternary nitrogens is 1. The fourth-order valence-corrected chi connectivity index (χ4v) is 3.24. The van der Waals surface area contributed by atoms with E-state index in [4.69, 9.17) is 10.5 Å². The Morgan fingerprint density at radius 2 is 2.16 bits per heavy atom. The van der Waals surface area contributed by atoms with Crippen molar-refractivity contribution in [3.8, 4) is 0 Å². The van der Waals surface area contributed by atoms with Crippen molar-refractivity contribution in [2.45, 2.75) is 25.8 Å². The molecule has 0 amide bonds. The minimum Gasteiger partial charge on any atom is -0.395 e. The van der Waals surface area contributed by atoms with E-state index in [1.807, 2.05) is 37.5 Å². The van der Waals surface area contributed by atoms with E-state index in [2.05, 4.69) is 20.2 Å². The van der Waals surface area contributed by atoms with Gasteiger partial charge in [-0.3, -0.25) is 9.97 Å². The average Bonchev–Trinajstić information content (AvgIpc) is 2.63. The highest BCUT2D eigenvalue weighted by molar-refractivity contribution is 6.08. The lowest BCUT2D eigenvalue weighted by Crippen LogP contribution is -2.86. The molecule has 0 saturated carbocycles. The number of hydrogen-bond acceptors (Lipinski definition) is 5. The molecule has 0 unspecified atom stereocenters. The van der Waals surface area contributed by atoms with Gasteiger partial charge in [-0.25, -0.2) is 0 Å². The van der Waals surface area contributed by atoms with E-state index in [9.17, 15) is 0 Å². The molecule has 6 nitrogen and oxygen atoms in total. The lowest BCUT2D eigenvalue weighted by atomic mass is 10.0. The second-order valence-corrected chi connectivity index (χ2v) is 6.58. The van der Waals surface area contributed by atoms with Gasteiger partial charge in [0, 0.05) is 56.1 Å². The van der Waals surface area contributed by atoms with Gasteiger partial charge < -0.3 is 20.7 Å². The Hall–Kier alpha value is -2.15. The van der Waals surface area contributed by atoms with Crippen LogP contribution in [0, 0.1) is 12.3 Å². The molecule has 0 bridgehead atoms. The van der Waals surface area contributed by atoms with Crippen LogP contribution >= 0.6 is 0 Å². The number of aryl methyl sites for hydroxylation is 1. The topological polar surface area (TPSA) is 89.7 Å². The summed E-state index contributed by atoms with van der Waals surface area (Å²) in [4.78, 5) is 11.3. The number of piperidine rings is 1. The number of hydrogen-bond donors (Lipinski definition) is 3. The third-order valence-electron chi connectivity index (χ3n) is 4.76. The second kappa shape index (κ2) is 8.29. The van der Waals surface area contributed by atoms with Gasteiger partial charge in [0.1, 0.15) is 6.20 Å². The first-order valence-electron chi connectivity index (χ1n) is 8.82. The molecule has 0 radical (unpaired) electrons. The summed E-state index contributed by atoms with van der Waals surface area (Å²) in [6.07, 6.45) is 7.43. The van der Waals surface area contributed by atoms with Crippen LogP contribution in [0.2, 0.25) is 0 Å². The lowest BCUT2D eigenvalue weighted by molar-refractivity contribution is -0.628. The molecule has 6 heteroatoms. The molecule has 1 aliphatic rings. The molecular formula is C19H26N5O+. The summed E-state index contributed by atoms with van der Waals surface area (Å²) in [6.45, 7) is 5.01. The number of allylic oxidation sites excluding steroid dienone is 1. The van der Waals surface area contributed by atoms with Crippen molar-refractivity contribution < 1.29 is 10.4 Å². The predicted octanol–water partition coefficient (Wildman–Crippen LogP) is 0.949. The number of aliphatic hydroxyl groups excluding tert-OH is 1. The second-order valence-electron chi connectivity index (χ2n) is 6.58. The molecule has 0 atom stereocenters. The average molecular weight is 340 g/mol. The van der Waals surface area contributed by atoms with Gasteiger partial charge in [-0.05, 0) is 25.1 Å². The Morgan fingerprint density at radius 3 is 2.88 bits per heavy atom. The third-order valence-corrected chi connectivity index (χ3v) is 4.76. The number of pyridine rings is 2. The highest BCUT2D eigenvalue weighted by atomic mass is 16.3. The van der Waals surface area contributed by atoms with Crippen LogP contribution < -0.4 is 5.32 Å². The number of aromatic nitrogens is 2. The van der Waals surface area contributed by atoms with Gasteiger partial charge in [0.2, 0.25) is 0 Å². The van der Waals surface area contributed by atoms with E-state index < -0.39 is 0 Å². The summed E-state index contributed by atoms with van der Waals surface area (Å²) in [5, 5.41) is 19.0. The lowest BCUT2D eigenvalue weighted by Gasteiger charge is -2.29. The number of aliphatic hydroxyl groups is 1. The summed E-state index contributed by atoms with van der Waals surface area (Å²) in [7, 11) is 0. The van der Waals surface area contributed by atoms with E-state index in [1.165, 1.54) is 6.21 Å². The van der Waals surface area contributed by atoms with Gasteiger partial charge in [0.15, 0.2) is 0 Å². The van der Waals surface area contributed by atoms with Crippen LogP contribution in [0.15, 0.2) is 30.6 Å². The van der Waals surface area contributed by atoms with Crippen molar-refractivity contribution in [1.29, 1.82) is 5.41 Å². The molecule has 0 aliphatic carbocycles. The standard InChI is InChI=1S/C19H25N5O/c1-14-2-3-18-19(23-14)10-15(12-22-18)16(11-20)13-21-17-4-6-24(7-5-17)8-9-25/h2-3,10-13,17,20-21,25H,4-9H2,1H3/p+1. The zero-order valence-corrected chi connectivity index (χ0v) is 14.7. The number of nitrogens with two attached hydrogens (primary N) is 1. The van der Waals surface area contributed by atoms with Crippen molar-refractivity contribution in [3.05, 3.63) is 41.9 Å². The Kier molecular flexibility index (Phi) is 5.86. The Morgan fingerprint density at radius 1 is 1.36 bits per heavy atom.